The maximum atomic E-state index is 13.9. The molecular weight excluding hydrogens is 352 g/mol. The van der Waals surface area contributed by atoms with Crippen LogP contribution in [0, 0.1) is 11.7 Å². The number of halogens is 4. The van der Waals surface area contributed by atoms with Crippen molar-refractivity contribution in [1.82, 2.24) is 0 Å². The van der Waals surface area contributed by atoms with Crippen molar-refractivity contribution in [3.8, 4) is 0 Å². The van der Waals surface area contributed by atoms with Gasteiger partial charge in [0.05, 0.1) is 16.5 Å². The fraction of sp³-hybridized carbons (Fsp3) is 0.364. The zero-order chi connectivity index (χ0) is 15.1. The van der Waals surface area contributed by atoms with Crippen LogP contribution in [-0.2, 0) is 13.8 Å². The molecule has 1 saturated heterocycles. The molecule has 110 valence electrons. The van der Waals surface area contributed by atoms with Gasteiger partial charge in [-0.05, 0) is 12.1 Å². The van der Waals surface area contributed by atoms with E-state index in [1.165, 1.54) is 12.1 Å². The van der Waals surface area contributed by atoms with Crippen molar-refractivity contribution in [3.63, 3.8) is 0 Å². The second kappa shape index (κ2) is 5.67. The van der Waals surface area contributed by atoms with Gasteiger partial charge in [-0.3, -0.25) is 4.79 Å². The van der Waals surface area contributed by atoms with Crippen LogP contribution in [0.5, 0.6) is 0 Å². The molecule has 0 aliphatic carbocycles. The molecule has 0 saturated carbocycles. The van der Waals surface area contributed by atoms with Gasteiger partial charge in [0.25, 0.3) is 0 Å². The van der Waals surface area contributed by atoms with Crippen LogP contribution in [0.25, 0.3) is 0 Å². The highest BCUT2D eigenvalue weighted by molar-refractivity contribution is 8.13. The summed E-state index contributed by atoms with van der Waals surface area (Å²) in [6, 6.07) is 2.50. The first-order valence-corrected chi connectivity index (χ1v) is 8.78. The van der Waals surface area contributed by atoms with E-state index in [4.69, 9.17) is 33.9 Å². The SMILES string of the molecule is O=C1CC(CS(=O)(=O)Cl)CN1c1cc(Cl)cc(Cl)c1F. The lowest BCUT2D eigenvalue weighted by atomic mass is 10.1. The molecule has 0 aromatic heterocycles. The normalized spacial score (nSPS) is 19.7. The summed E-state index contributed by atoms with van der Waals surface area (Å²) in [5, 5.41) is -0.0127. The van der Waals surface area contributed by atoms with E-state index in [1.54, 1.807) is 0 Å². The Morgan fingerprint density at radius 2 is 2.00 bits per heavy atom. The molecular formula is C11H9Cl3FNO3S. The van der Waals surface area contributed by atoms with E-state index in [9.17, 15) is 17.6 Å². The Hall–Kier alpha value is -0.560. The first-order valence-electron chi connectivity index (χ1n) is 5.54. The number of hydrogen-bond donors (Lipinski definition) is 0. The molecule has 0 N–H and O–H groups in total. The molecule has 20 heavy (non-hydrogen) atoms. The minimum Gasteiger partial charge on any atom is -0.309 e. The zero-order valence-corrected chi connectivity index (χ0v) is 13.0. The molecule has 0 spiro atoms. The first-order chi connectivity index (χ1) is 9.17. The summed E-state index contributed by atoms with van der Waals surface area (Å²) >= 11 is 11.5. The van der Waals surface area contributed by atoms with E-state index >= 15 is 0 Å². The highest BCUT2D eigenvalue weighted by Crippen LogP contribution is 2.34. The Labute approximate surface area is 129 Å². The van der Waals surface area contributed by atoms with Crippen molar-refractivity contribution in [2.24, 2.45) is 5.92 Å². The molecule has 1 fully saturated rings. The summed E-state index contributed by atoms with van der Waals surface area (Å²) in [6.45, 7) is 0.0539. The molecule has 2 rings (SSSR count). The van der Waals surface area contributed by atoms with Crippen molar-refractivity contribution in [1.29, 1.82) is 0 Å². The molecule has 1 aliphatic rings. The number of amides is 1. The number of rotatable bonds is 3. The number of carbonyl (C=O) groups excluding carboxylic acids is 1. The van der Waals surface area contributed by atoms with Gasteiger partial charge in [-0.1, -0.05) is 23.2 Å². The third kappa shape index (κ3) is 3.55. The Balaban J connectivity index is 2.29. The summed E-state index contributed by atoms with van der Waals surface area (Å²) in [5.41, 5.74) is -0.0537. The molecule has 1 amide bonds. The maximum absolute atomic E-state index is 13.9. The van der Waals surface area contributed by atoms with Gasteiger partial charge in [0, 0.05) is 34.6 Å². The molecule has 1 unspecified atom stereocenters. The smallest absolute Gasteiger partial charge is 0.232 e. The largest absolute Gasteiger partial charge is 0.309 e. The standard InChI is InChI=1S/C11H9Cl3FNO3S/c12-7-2-8(13)11(15)9(3-7)16-4-6(1-10(16)17)5-20(14,18)19/h2-3,6H,1,4-5H2. The predicted molar refractivity (Wildman–Crippen MR) is 76.5 cm³/mol. The number of benzene rings is 1. The molecule has 1 aromatic rings. The predicted octanol–water partition coefficient (Wildman–Crippen LogP) is 3.05. The average molecular weight is 361 g/mol. The number of carbonyl (C=O) groups is 1. The summed E-state index contributed by atoms with van der Waals surface area (Å²) < 4.78 is 36.0. The van der Waals surface area contributed by atoms with Gasteiger partial charge in [-0.2, -0.15) is 0 Å². The van der Waals surface area contributed by atoms with Crippen LogP contribution in [0.2, 0.25) is 10.0 Å². The van der Waals surface area contributed by atoms with Crippen molar-refractivity contribution in [2.75, 3.05) is 17.2 Å². The van der Waals surface area contributed by atoms with Gasteiger partial charge in [0.15, 0.2) is 5.82 Å². The van der Waals surface area contributed by atoms with E-state index in [0.29, 0.717) is 0 Å². The fourth-order valence-corrected chi connectivity index (χ4v) is 3.95. The molecule has 1 aliphatic heterocycles. The van der Waals surface area contributed by atoms with Crippen LogP contribution in [0.15, 0.2) is 12.1 Å². The minimum absolute atomic E-state index is 0.0183. The van der Waals surface area contributed by atoms with Crippen LogP contribution in [0.1, 0.15) is 6.42 Å². The fourth-order valence-electron chi connectivity index (χ4n) is 2.15. The number of nitrogens with zero attached hydrogens (tertiary/aromatic N) is 1. The van der Waals surface area contributed by atoms with Crippen molar-refractivity contribution in [3.05, 3.63) is 28.0 Å². The topological polar surface area (TPSA) is 54.5 Å². The summed E-state index contributed by atoms with van der Waals surface area (Å²) in [6.07, 6.45) is -0.0183. The van der Waals surface area contributed by atoms with Crippen LogP contribution in [0.3, 0.4) is 0 Å². The molecule has 9 heteroatoms. The van der Waals surface area contributed by atoms with Crippen LogP contribution in [0.4, 0.5) is 10.1 Å². The van der Waals surface area contributed by atoms with Gasteiger partial charge in [0.2, 0.25) is 15.0 Å². The Kier molecular flexibility index (Phi) is 4.49. The third-order valence-corrected chi connectivity index (χ3v) is 4.65. The lowest BCUT2D eigenvalue weighted by Crippen LogP contribution is -2.26. The Morgan fingerprint density at radius 3 is 2.60 bits per heavy atom. The van der Waals surface area contributed by atoms with Gasteiger partial charge in [-0.25, -0.2) is 12.8 Å². The third-order valence-electron chi connectivity index (χ3n) is 2.90. The van der Waals surface area contributed by atoms with Gasteiger partial charge < -0.3 is 4.90 Å². The lowest BCUT2D eigenvalue weighted by molar-refractivity contribution is -0.117. The van der Waals surface area contributed by atoms with E-state index < -0.39 is 26.7 Å². The van der Waals surface area contributed by atoms with E-state index in [2.05, 4.69) is 0 Å². The molecule has 1 heterocycles. The Bertz CT molecular complexity index is 665. The highest BCUT2D eigenvalue weighted by atomic mass is 35.7. The van der Waals surface area contributed by atoms with Gasteiger partial charge >= 0.3 is 0 Å². The van der Waals surface area contributed by atoms with Crippen molar-refractivity contribution >= 4 is 54.5 Å². The molecule has 1 aromatic carbocycles. The quantitative estimate of drug-likeness (QED) is 0.615. The summed E-state index contributed by atoms with van der Waals surface area (Å²) in [5.74, 6) is -1.99. The first kappa shape index (κ1) is 15.8. The maximum Gasteiger partial charge on any atom is 0.232 e. The lowest BCUT2D eigenvalue weighted by Gasteiger charge is -2.18. The second-order valence-corrected chi connectivity index (χ2v) is 8.17. The summed E-state index contributed by atoms with van der Waals surface area (Å²) in [7, 11) is 1.45. The average Bonchev–Trinajstić information content (AvgIpc) is 2.62. The van der Waals surface area contributed by atoms with Crippen LogP contribution >= 0.6 is 33.9 Å². The van der Waals surface area contributed by atoms with Crippen LogP contribution < -0.4 is 4.90 Å². The molecule has 0 radical (unpaired) electrons. The van der Waals surface area contributed by atoms with Gasteiger partial charge in [0.1, 0.15) is 0 Å². The Morgan fingerprint density at radius 1 is 1.35 bits per heavy atom. The summed E-state index contributed by atoms with van der Waals surface area (Å²) in [4.78, 5) is 13.0. The zero-order valence-electron chi connectivity index (χ0n) is 9.95. The molecule has 4 nitrogen and oxygen atoms in total. The second-order valence-electron chi connectivity index (χ2n) is 4.50. The van der Waals surface area contributed by atoms with Crippen LogP contribution in [-0.4, -0.2) is 26.6 Å². The number of hydrogen-bond acceptors (Lipinski definition) is 3. The molecule has 1 atom stereocenters. The monoisotopic (exact) mass is 359 g/mol. The van der Waals surface area contributed by atoms with Gasteiger partial charge in [-0.15, -0.1) is 0 Å². The highest BCUT2D eigenvalue weighted by Gasteiger charge is 2.34. The minimum atomic E-state index is -3.72. The number of anilines is 1. The van der Waals surface area contributed by atoms with Crippen molar-refractivity contribution < 1.29 is 17.6 Å². The van der Waals surface area contributed by atoms with E-state index in [-0.39, 0.29) is 34.5 Å². The van der Waals surface area contributed by atoms with E-state index in [0.717, 1.165) is 4.90 Å². The van der Waals surface area contributed by atoms with Crippen molar-refractivity contribution in [2.45, 2.75) is 6.42 Å². The van der Waals surface area contributed by atoms with E-state index in [1.807, 2.05) is 0 Å². The molecule has 0 bridgehead atoms.